The highest BCUT2D eigenvalue weighted by Crippen LogP contribution is 2.16. The molecule has 0 N–H and O–H groups in total. The molecule has 0 aliphatic heterocycles. The van der Waals surface area contributed by atoms with E-state index >= 15 is 0 Å². The Bertz CT molecular complexity index is 1200. The van der Waals surface area contributed by atoms with E-state index in [1.165, 1.54) is 199 Å². The van der Waals surface area contributed by atoms with Crippen molar-refractivity contribution in [3.8, 4) is 0 Å². The van der Waals surface area contributed by atoms with Crippen LogP contribution in [0.25, 0.3) is 0 Å². The van der Waals surface area contributed by atoms with Crippen LogP contribution < -0.4 is 0 Å². The summed E-state index contributed by atoms with van der Waals surface area (Å²) in [6, 6.07) is 0. The zero-order valence-electron chi connectivity index (χ0n) is 46.1. The van der Waals surface area contributed by atoms with Crippen LogP contribution in [0.3, 0.4) is 0 Å². The Morgan fingerprint density at radius 3 is 0.826 bits per heavy atom. The quantitative estimate of drug-likeness (QED) is 0.0262. The van der Waals surface area contributed by atoms with E-state index in [4.69, 9.17) is 14.2 Å². The Morgan fingerprint density at radius 1 is 0.290 bits per heavy atom. The molecule has 0 radical (unpaired) electrons. The fraction of sp³-hybridized carbons (Fsp3) is 0.825. The van der Waals surface area contributed by atoms with Crippen molar-refractivity contribution in [2.75, 3.05) is 13.2 Å². The molecule has 1 atom stereocenters. The molecule has 0 aromatic rings. The number of esters is 3. The number of unbranched alkanes of at least 4 members (excludes halogenated alkanes) is 36. The van der Waals surface area contributed by atoms with Crippen LogP contribution in [-0.2, 0) is 28.6 Å². The first kappa shape index (κ1) is 66.4. The van der Waals surface area contributed by atoms with Crippen LogP contribution in [0.5, 0.6) is 0 Å². The normalized spacial score (nSPS) is 12.3. The first-order valence-electron chi connectivity index (χ1n) is 30.1. The fourth-order valence-electron chi connectivity index (χ4n) is 8.74. The third kappa shape index (κ3) is 56.2. The Labute approximate surface area is 428 Å². The third-order valence-electron chi connectivity index (χ3n) is 13.3. The maximum atomic E-state index is 12.9. The van der Waals surface area contributed by atoms with Crippen molar-refractivity contribution in [2.45, 2.75) is 322 Å². The average Bonchev–Trinajstić information content (AvgIpc) is 3.35. The van der Waals surface area contributed by atoms with E-state index in [9.17, 15) is 14.4 Å². The molecule has 0 saturated heterocycles. The van der Waals surface area contributed by atoms with Crippen LogP contribution in [0.4, 0.5) is 0 Å². The number of hydrogen-bond acceptors (Lipinski definition) is 6. The van der Waals surface area contributed by atoms with E-state index < -0.39 is 6.10 Å². The standard InChI is InChI=1S/C63H114O6/c1-4-7-10-13-16-19-22-24-26-28-29-30-31-32-33-35-36-38-41-44-47-50-53-56-62(65)68-59-60(58-67-61(64)55-52-49-46-43-40-21-18-15-12-9-6-3)69-63(66)57-54-51-48-45-42-39-37-34-27-25-23-20-17-14-11-8-5-2/h22,24-25,27-29,31-32,60H,4-21,23,26,30,33-59H2,1-3H3/b24-22-,27-25-,29-28-,32-31-. The van der Waals surface area contributed by atoms with Crippen LogP contribution in [0, 0.1) is 0 Å². The Balaban J connectivity index is 4.30. The van der Waals surface area contributed by atoms with Gasteiger partial charge in [0.25, 0.3) is 0 Å². The number of carbonyl (C=O) groups is 3. The minimum Gasteiger partial charge on any atom is -0.462 e. The largest absolute Gasteiger partial charge is 0.462 e. The summed E-state index contributed by atoms with van der Waals surface area (Å²) in [7, 11) is 0. The maximum absolute atomic E-state index is 12.9. The van der Waals surface area contributed by atoms with Gasteiger partial charge in [0, 0.05) is 19.3 Å². The van der Waals surface area contributed by atoms with Crippen molar-refractivity contribution < 1.29 is 28.6 Å². The molecule has 402 valence electrons. The highest BCUT2D eigenvalue weighted by Gasteiger charge is 2.19. The smallest absolute Gasteiger partial charge is 0.306 e. The molecule has 0 heterocycles. The van der Waals surface area contributed by atoms with Crippen molar-refractivity contribution >= 4 is 17.9 Å². The number of hydrogen-bond donors (Lipinski definition) is 0. The summed E-state index contributed by atoms with van der Waals surface area (Å²) in [6.07, 6.45) is 71.0. The molecule has 0 aliphatic rings. The summed E-state index contributed by atoms with van der Waals surface area (Å²) >= 11 is 0. The van der Waals surface area contributed by atoms with E-state index in [1.54, 1.807) is 0 Å². The van der Waals surface area contributed by atoms with Gasteiger partial charge in [-0.2, -0.15) is 0 Å². The van der Waals surface area contributed by atoms with Gasteiger partial charge in [-0.25, -0.2) is 0 Å². The highest BCUT2D eigenvalue weighted by atomic mass is 16.6. The van der Waals surface area contributed by atoms with Crippen LogP contribution in [0.2, 0.25) is 0 Å². The van der Waals surface area contributed by atoms with Crippen molar-refractivity contribution in [3.63, 3.8) is 0 Å². The SMILES string of the molecule is CCCCCCC/C=C\C/C=C\C/C=C\CCCCCCCCCCC(=O)OCC(COC(=O)CCCCCCCCCCCCC)OC(=O)CCCCCCCCC/C=C\CCCCCCCC. The predicted molar refractivity (Wildman–Crippen MR) is 298 cm³/mol. The summed E-state index contributed by atoms with van der Waals surface area (Å²) in [5.74, 6) is -0.872. The molecule has 1 unspecified atom stereocenters. The van der Waals surface area contributed by atoms with Gasteiger partial charge in [0.05, 0.1) is 0 Å². The minimum absolute atomic E-state index is 0.0742. The third-order valence-corrected chi connectivity index (χ3v) is 13.3. The topological polar surface area (TPSA) is 78.9 Å². The fourth-order valence-corrected chi connectivity index (χ4v) is 8.74. The molecule has 0 saturated carbocycles. The molecule has 0 aromatic carbocycles. The highest BCUT2D eigenvalue weighted by molar-refractivity contribution is 5.71. The molecule has 6 nitrogen and oxygen atoms in total. The molecule has 0 spiro atoms. The van der Waals surface area contributed by atoms with E-state index in [0.29, 0.717) is 19.3 Å². The minimum atomic E-state index is -0.776. The molecular weight excluding hydrogens is 853 g/mol. The van der Waals surface area contributed by atoms with Crippen molar-refractivity contribution in [2.24, 2.45) is 0 Å². The van der Waals surface area contributed by atoms with Crippen molar-refractivity contribution in [1.82, 2.24) is 0 Å². The second kappa shape index (κ2) is 57.9. The summed E-state index contributed by atoms with van der Waals surface area (Å²) in [5, 5.41) is 0. The first-order chi connectivity index (χ1) is 34.0. The van der Waals surface area contributed by atoms with Gasteiger partial charge in [0.2, 0.25) is 0 Å². The Hall–Kier alpha value is -2.63. The summed E-state index contributed by atoms with van der Waals surface area (Å²) in [5.41, 5.74) is 0. The van der Waals surface area contributed by atoms with Gasteiger partial charge in [-0.15, -0.1) is 0 Å². The van der Waals surface area contributed by atoms with E-state index in [2.05, 4.69) is 69.4 Å². The summed E-state index contributed by atoms with van der Waals surface area (Å²) in [4.78, 5) is 38.1. The van der Waals surface area contributed by atoms with Crippen LogP contribution >= 0.6 is 0 Å². The molecule has 0 rings (SSSR count). The van der Waals surface area contributed by atoms with Crippen LogP contribution in [-0.4, -0.2) is 37.2 Å². The van der Waals surface area contributed by atoms with Crippen LogP contribution in [0.1, 0.15) is 316 Å². The first-order valence-corrected chi connectivity index (χ1v) is 30.1. The molecule has 0 amide bonds. The summed E-state index contributed by atoms with van der Waals surface area (Å²) < 4.78 is 16.9. The second-order valence-electron chi connectivity index (χ2n) is 20.3. The Kier molecular flexibility index (Phi) is 55.7. The second-order valence-corrected chi connectivity index (χ2v) is 20.3. The van der Waals surface area contributed by atoms with Gasteiger partial charge in [0.1, 0.15) is 13.2 Å². The molecule has 69 heavy (non-hydrogen) atoms. The number of allylic oxidation sites excluding steroid dienone is 8. The van der Waals surface area contributed by atoms with Gasteiger partial charge in [-0.1, -0.05) is 262 Å². The monoisotopic (exact) mass is 967 g/mol. The molecule has 0 bridgehead atoms. The number of rotatable bonds is 55. The molecule has 0 fully saturated rings. The number of carbonyl (C=O) groups excluding carboxylic acids is 3. The van der Waals surface area contributed by atoms with Gasteiger partial charge in [-0.05, 0) is 83.5 Å². The zero-order valence-corrected chi connectivity index (χ0v) is 46.1. The van der Waals surface area contributed by atoms with E-state index in [1.807, 2.05) is 0 Å². The van der Waals surface area contributed by atoms with Gasteiger partial charge in [0.15, 0.2) is 6.10 Å². The Morgan fingerprint density at radius 2 is 0.522 bits per heavy atom. The number of ether oxygens (including phenoxy) is 3. The lowest BCUT2D eigenvalue weighted by Crippen LogP contribution is -2.30. The van der Waals surface area contributed by atoms with Gasteiger partial charge in [-0.3, -0.25) is 14.4 Å². The summed E-state index contributed by atoms with van der Waals surface area (Å²) in [6.45, 7) is 6.64. The molecule has 6 heteroatoms. The van der Waals surface area contributed by atoms with Gasteiger partial charge >= 0.3 is 17.9 Å². The zero-order chi connectivity index (χ0) is 50.0. The van der Waals surface area contributed by atoms with Crippen molar-refractivity contribution in [3.05, 3.63) is 48.6 Å². The van der Waals surface area contributed by atoms with Crippen molar-refractivity contribution in [1.29, 1.82) is 0 Å². The van der Waals surface area contributed by atoms with Crippen LogP contribution in [0.15, 0.2) is 48.6 Å². The average molecular weight is 968 g/mol. The molecule has 0 aliphatic carbocycles. The lowest BCUT2D eigenvalue weighted by atomic mass is 10.1. The lowest BCUT2D eigenvalue weighted by Gasteiger charge is -2.18. The lowest BCUT2D eigenvalue weighted by molar-refractivity contribution is -0.167. The van der Waals surface area contributed by atoms with Gasteiger partial charge < -0.3 is 14.2 Å². The molecule has 0 aromatic heterocycles. The van der Waals surface area contributed by atoms with E-state index in [-0.39, 0.29) is 31.1 Å². The van der Waals surface area contributed by atoms with E-state index in [0.717, 1.165) is 77.0 Å². The predicted octanol–water partition coefficient (Wildman–Crippen LogP) is 20.2. The maximum Gasteiger partial charge on any atom is 0.306 e. The molecular formula is C63H114O6.